The Morgan fingerprint density at radius 3 is 1.98 bits per heavy atom. The number of hydrogen-bond acceptors (Lipinski definition) is 12. The molecule has 0 unspecified atom stereocenters. The van der Waals surface area contributed by atoms with E-state index >= 15 is 0 Å². The van der Waals surface area contributed by atoms with Crippen molar-refractivity contribution in [3.8, 4) is 0 Å². The first-order valence-electron chi connectivity index (χ1n) is 18.7. The largest absolute Gasteiger partial charge is 0.462 e. The third-order valence-electron chi connectivity index (χ3n) is 11.9. The molecule has 0 radical (unpaired) electrons. The maximum absolute atomic E-state index is 14.0. The lowest BCUT2D eigenvalue weighted by atomic mass is 9.56. The van der Waals surface area contributed by atoms with Gasteiger partial charge in [0.15, 0.2) is 12.2 Å². The van der Waals surface area contributed by atoms with Gasteiger partial charge in [-0.3, -0.25) is 19.2 Å². The minimum absolute atomic E-state index is 0.0121. The monoisotopic (exact) mass is 759 g/mol. The number of aliphatic hydroxyl groups is 1. The maximum atomic E-state index is 14.0. The highest BCUT2D eigenvalue weighted by Crippen LogP contribution is 2.65. The average Bonchev–Trinajstić information content (AvgIpc) is 3.35. The van der Waals surface area contributed by atoms with Crippen molar-refractivity contribution in [3.63, 3.8) is 0 Å². The molecule has 3 aliphatic rings. The molecule has 296 valence electrons. The zero-order valence-electron chi connectivity index (χ0n) is 32.9. The lowest BCUT2D eigenvalue weighted by Crippen LogP contribution is -2.60. The van der Waals surface area contributed by atoms with Gasteiger partial charge in [0.2, 0.25) is 0 Å². The van der Waals surface area contributed by atoms with Crippen LogP contribution < -0.4 is 5.32 Å². The van der Waals surface area contributed by atoms with E-state index in [9.17, 15) is 29.1 Å². The van der Waals surface area contributed by atoms with Crippen LogP contribution in [-0.4, -0.2) is 78.1 Å². The Hall–Kier alpha value is -4.81. The molecule has 0 heterocycles. The van der Waals surface area contributed by atoms with Gasteiger partial charge in [0.25, 0.3) is 0 Å². The molecule has 0 saturated heterocycles. The Balaban J connectivity index is 1.70. The highest BCUT2D eigenvalue weighted by Gasteiger charge is 2.69. The summed E-state index contributed by atoms with van der Waals surface area (Å²) in [5.41, 5.74) is -1.70. The molecule has 12 heteroatoms. The van der Waals surface area contributed by atoms with E-state index in [1.54, 1.807) is 65.1 Å². The average molecular weight is 760 g/mol. The summed E-state index contributed by atoms with van der Waals surface area (Å²) in [4.78, 5) is 66.3. The van der Waals surface area contributed by atoms with Crippen LogP contribution in [0, 0.1) is 16.7 Å². The quantitative estimate of drug-likeness (QED) is 0.163. The fourth-order valence-corrected chi connectivity index (χ4v) is 9.18. The molecule has 2 saturated carbocycles. The van der Waals surface area contributed by atoms with Gasteiger partial charge in [0.1, 0.15) is 18.3 Å². The van der Waals surface area contributed by atoms with Crippen LogP contribution in [0.15, 0.2) is 84.0 Å². The Labute approximate surface area is 322 Å². The number of carbonyl (C=O) groups excluding carboxylic acids is 5. The van der Waals surface area contributed by atoms with Crippen LogP contribution in [0.2, 0.25) is 0 Å². The van der Waals surface area contributed by atoms with Crippen LogP contribution >= 0.6 is 0 Å². The Morgan fingerprint density at radius 2 is 1.44 bits per heavy atom. The summed E-state index contributed by atoms with van der Waals surface area (Å²) < 4.78 is 30.8. The lowest BCUT2D eigenvalue weighted by molar-refractivity contribution is -0.198. The van der Waals surface area contributed by atoms with Crippen molar-refractivity contribution in [2.24, 2.45) is 16.7 Å². The third-order valence-corrected chi connectivity index (χ3v) is 11.9. The summed E-state index contributed by atoms with van der Waals surface area (Å²) in [6.45, 7) is 15.1. The van der Waals surface area contributed by atoms with Gasteiger partial charge in [-0.2, -0.15) is 0 Å². The molecule has 12 nitrogen and oxygen atoms in total. The smallest absolute Gasteiger partial charge is 0.338 e. The summed E-state index contributed by atoms with van der Waals surface area (Å²) in [6.07, 6.45) is -5.39. The standard InChI is InChI=1S/C43H53NO11/c1-24-31-22-43(41(6,7)50)23-34(51-26(3)45)25(2)37(43)38(55-40(49)30-18-14-11-15-19-30)39(53-28(5)47)42(31,8)35(52-27(4)46)21-33(24)54-36(48)20-32(44-9)29-16-12-10-13-17-29/h10-19,31-35,38-39,44,50H,1,20-23H2,2-9H3/t31-,32+,33+,34+,35+,38-,39+,42+,43+/m1/s1. The fraction of sp³-hybridized carbons (Fsp3) is 0.512. The zero-order valence-corrected chi connectivity index (χ0v) is 32.9. The summed E-state index contributed by atoms with van der Waals surface area (Å²) >= 11 is 0. The third kappa shape index (κ3) is 8.11. The van der Waals surface area contributed by atoms with Crippen LogP contribution in [0.5, 0.6) is 0 Å². The minimum Gasteiger partial charge on any atom is -0.462 e. The molecular formula is C43H53NO11. The second kappa shape index (κ2) is 16.1. The molecule has 2 fully saturated rings. The SMILES string of the molecule is C=C1[C@@H](OC(=O)C[C@H](NC)c2ccccc2)C[C@H](OC(C)=O)[C@]2(C)[C@@H]1C[C@]1(C(C)(C)O)C[C@H](OC(C)=O)C(C)=C1[C@@H](OC(=O)c1ccccc1)[C@@H]2OC(C)=O. The van der Waals surface area contributed by atoms with E-state index in [1.807, 2.05) is 30.3 Å². The van der Waals surface area contributed by atoms with Gasteiger partial charge >= 0.3 is 29.8 Å². The summed E-state index contributed by atoms with van der Waals surface area (Å²) in [6, 6.07) is 17.4. The first kappa shape index (κ1) is 41.4. The normalized spacial score (nSPS) is 29.5. The topological polar surface area (TPSA) is 164 Å². The molecule has 0 spiro atoms. The van der Waals surface area contributed by atoms with Gasteiger partial charge < -0.3 is 34.1 Å². The van der Waals surface area contributed by atoms with Crippen molar-refractivity contribution >= 4 is 29.8 Å². The van der Waals surface area contributed by atoms with E-state index in [-0.39, 0.29) is 37.3 Å². The fourth-order valence-electron chi connectivity index (χ4n) is 9.18. The van der Waals surface area contributed by atoms with Crippen molar-refractivity contribution < 1.29 is 52.8 Å². The number of carbonyl (C=O) groups is 5. The van der Waals surface area contributed by atoms with Crippen LogP contribution in [0.25, 0.3) is 0 Å². The van der Waals surface area contributed by atoms with E-state index in [4.69, 9.17) is 23.7 Å². The number of nitrogens with one attached hydrogen (secondary N) is 1. The molecule has 0 amide bonds. The van der Waals surface area contributed by atoms with Crippen LogP contribution in [0.1, 0.15) is 96.1 Å². The summed E-state index contributed by atoms with van der Waals surface area (Å²) in [7, 11) is 1.75. The van der Waals surface area contributed by atoms with E-state index < -0.39 is 82.7 Å². The molecular weight excluding hydrogens is 706 g/mol. The Bertz CT molecular complexity index is 1830. The minimum atomic E-state index is -1.57. The van der Waals surface area contributed by atoms with Gasteiger partial charge in [-0.05, 0) is 74.6 Å². The molecule has 0 aliphatic heterocycles. The predicted octanol–water partition coefficient (Wildman–Crippen LogP) is 5.73. The molecule has 0 bridgehead atoms. The molecule has 55 heavy (non-hydrogen) atoms. The van der Waals surface area contributed by atoms with Gasteiger partial charge in [-0.1, -0.05) is 62.0 Å². The van der Waals surface area contributed by atoms with E-state index in [0.29, 0.717) is 16.7 Å². The van der Waals surface area contributed by atoms with E-state index in [1.165, 1.54) is 20.8 Å². The number of ether oxygens (including phenoxy) is 5. The van der Waals surface area contributed by atoms with Gasteiger partial charge in [0, 0.05) is 45.1 Å². The van der Waals surface area contributed by atoms with Crippen molar-refractivity contribution in [2.45, 2.75) is 116 Å². The molecule has 3 aliphatic carbocycles. The first-order chi connectivity index (χ1) is 25.8. The summed E-state index contributed by atoms with van der Waals surface area (Å²) in [5, 5.41) is 15.5. The molecule has 2 aromatic carbocycles. The maximum Gasteiger partial charge on any atom is 0.338 e. The van der Waals surface area contributed by atoms with Crippen molar-refractivity contribution in [1.29, 1.82) is 0 Å². The summed E-state index contributed by atoms with van der Waals surface area (Å²) in [5.74, 6) is -3.92. The highest BCUT2D eigenvalue weighted by atomic mass is 16.6. The van der Waals surface area contributed by atoms with Crippen molar-refractivity contribution in [2.75, 3.05) is 7.05 Å². The number of benzene rings is 2. The van der Waals surface area contributed by atoms with Crippen molar-refractivity contribution in [1.82, 2.24) is 5.32 Å². The Kier molecular flexibility index (Phi) is 12.1. The zero-order chi connectivity index (χ0) is 40.5. The second-order valence-electron chi connectivity index (χ2n) is 15.7. The van der Waals surface area contributed by atoms with Crippen LogP contribution in [0.3, 0.4) is 0 Å². The Morgan fingerprint density at radius 1 is 0.855 bits per heavy atom. The van der Waals surface area contributed by atoms with Crippen LogP contribution in [0.4, 0.5) is 0 Å². The second-order valence-corrected chi connectivity index (χ2v) is 15.7. The first-order valence-corrected chi connectivity index (χ1v) is 18.7. The molecule has 5 rings (SSSR count). The number of rotatable bonds is 11. The molecule has 2 N–H and O–H groups in total. The predicted molar refractivity (Wildman–Crippen MR) is 201 cm³/mol. The molecule has 9 atom stereocenters. The van der Waals surface area contributed by atoms with Gasteiger partial charge in [-0.15, -0.1) is 0 Å². The van der Waals surface area contributed by atoms with Gasteiger partial charge in [0.05, 0.1) is 23.0 Å². The van der Waals surface area contributed by atoms with E-state index in [2.05, 4.69) is 11.9 Å². The number of esters is 5. The van der Waals surface area contributed by atoms with Crippen molar-refractivity contribution in [3.05, 3.63) is 95.1 Å². The molecule has 0 aromatic heterocycles. The highest BCUT2D eigenvalue weighted by molar-refractivity contribution is 5.89. The van der Waals surface area contributed by atoms with E-state index in [0.717, 1.165) is 5.56 Å². The number of fused-ring (bicyclic) bond motifs is 2. The van der Waals surface area contributed by atoms with Crippen LogP contribution in [-0.2, 0) is 42.9 Å². The molecule has 2 aromatic rings. The lowest BCUT2D eigenvalue weighted by Gasteiger charge is -2.53. The van der Waals surface area contributed by atoms with Gasteiger partial charge in [-0.25, -0.2) is 4.79 Å². The number of hydrogen-bond donors (Lipinski definition) is 2.